The third-order valence-corrected chi connectivity index (χ3v) is 3.70. The monoisotopic (exact) mass is 265 g/mol. The summed E-state index contributed by atoms with van der Waals surface area (Å²) in [5.74, 6) is 0. The van der Waals surface area contributed by atoms with Crippen LogP contribution in [0.15, 0.2) is 29.3 Å². The molecule has 6 heteroatoms. The van der Waals surface area contributed by atoms with Gasteiger partial charge in [-0.25, -0.2) is 4.98 Å². The van der Waals surface area contributed by atoms with Crippen molar-refractivity contribution >= 4 is 28.6 Å². The highest BCUT2D eigenvalue weighted by Crippen LogP contribution is 2.24. The molecule has 0 aliphatic rings. The molecule has 0 aliphatic carbocycles. The molecule has 4 nitrogen and oxygen atoms in total. The lowest BCUT2D eigenvalue weighted by Crippen LogP contribution is -1.91. The van der Waals surface area contributed by atoms with Crippen LogP contribution in [0.2, 0.25) is 5.02 Å². The summed E-state index contributed by atoms with van der Waals surface area (Å²) < 4.78 is 1.85. The summed E-state index contributed by atoms with van der Waals surface area (Å²) in [6.45, 7) is 1.87. The molecule has 0 saturated heterocycles. The summed E-state index contributed by atoms with van der Waals surface area (Å²) in [7, 11) is 0. The van der Waals surface area contributed by atoms with Crippen molar-refractivity contribution in [1.82, 2.24) is 14.4 Å². The number of rotatable bonds is 1. The molecule has 0 aliphatic heterocycles. The van der Waals surface area contributed by atoms with E-state index >= 15 is 0 Å². The lowest BCUT2D eigenvalue weighted by Gasteiger charge is -1.91. The summed E-state index contributed by atoms with van der Waals surface area (Å²) in [5, 5.41) is 0.653. The second-order valence-corrected chi connectivity index (χ2v) is 5.13. The number of hydrogen-bond donors (Lipinski definition) is 1. The zero-order valence-corrected chi connectivity index (χ0v) is 10.5. The second kappa shape index (κ2) is 3.72. The Morgan fingerprint density at radius 1 is 1.41 bits per heavy atom. The number of nitrogens with one attached hydrogen (secondary N) is 1. The first-order valence-electron chi connectivity index (χ1n) is 4.98. The summed E-state index contributed by atoms with van der Waals surface area (Å²) in [5.41, 5.74) is 2.44. The predicted octanol–water partition coefficient (Wildman–Crippen LogP) is 2.71. The summed E-state index contributed by atoms with van der Waals surface area (Å²) in [6, 6.07) is 3.64. The number of halogens is 1. The van der Waals surface area contributed by atoms with Crippen molar-refractivity contribution in [3.63, 3.8) is 0 Å². The predicted molar refractivity (Wildman–Crippen MR) is 68.9 cm³/mol. The van der Waals surface area contributed by atoms with Gasteiger partial charge in [-0.1, -0.05) is 22.9 Å². The van der Waals surface area contributed by atoms with Gasteiger partial charge in [0, 0.05) is 18.1 Å². The largest absolute Gasteiger partial charge is 0.316 e. The van der Waals surface area contributed by atoms with Crippen LogP contribution in [0.3, 0.4) is 0 Å². The molecule has 0 spiro atoms. The van der Waals surface area contributed by atoms with Crippen LogP contribution in [0, 0.1) is 6.92 Å². The number of pyridine rings is 1. The Hall–Kier alpha value is -1.59. The zero-order chi connectivity index (χ0) is 12.0. The summed E-state index contributed by atoms with van der Waals surface area (Å²) >= 11 is 7.07. The lowest BCUT2D eigenvalue weighted by molar-refractivity contribution is 1.19. The van der Waals surface area contributed by atoms with Crippen molar-refractivity contribution in [1.29, 1.82) is 0 Å². The zero-order valence-electron chi connectivity index (χ0n) is 8.90. The van der Waals surface area contributed by atoms with Gasteiger partial charge in [-0.2, -0.15) is 0 Å². The molecule has 0 radical (unpaired) electrons. The Bertz CT molecular complexity index is 756. The van der Waals surface area contributed by atoms with E-state index < -0.39 is 0 Å². The molecule has 0 bridgehead atoms. The maximum Gasteiger partial charge on any atom is 0.305 e. The number of aromatic amines is 1. The standard InChI is InChI=1S/C11H8ClN3OS/c1-6-10(17-11(16)13-6)8-5-15-4-7(12)2-3-9(15)14-8/h2-5H,1H3,(H,13,16). The molecular weight excluding hydrogens is 258 g/mol. The van der Waals surface area contributed by atoms with Gasteiger partial charge in [0.05, 0.1) is 9.90 Å². The van der Waals surface area contributed by atoms with E-state index in [2.05, 4.69) is 9.97 Å². The van der Waals surface area contributed by atoms with Crippen LogP contribution in [0.1, 0.15) is 5.69 Å². The van der Waals surface area contributed by atoms with Gasteiger partial charge >= 0.3 is 4.87 Å². The molecule has 3 rings (SSSR count). The molecule has 0 saturated carbocycles. The second-order valence-electron chi connectivity index (χ2n) is 3.71. The molecule has 3 aromatic rings. The van der Waals surface area contributed by atoms with E-state index in [4.69, 9.17) is 11.6 Å². The molecule has 3 heterocycles. The number of nitrogens with zero attached hydrogens (tertiary/aromatic N) is 2. The average molecular weight is 266 g/mol. The fourth-order valence-electron chi connectivity index (χ4n) is 1.72. The molecule has 0 fully saturated rings. The minimum absolute atomic E-state index is 0.0624. The Balaban J connectivity index is 2.24. The fraction of sp³-hybridized carbons (Fsp3) is 0.0909. The molecular formula is C11H8ClN3OS. The van der Waals surface area contributed by atoms with Crippen LogP contribution in [-0.2, 0) is 0 Å². The smallest absolute Gasteiger partial charge is 0.305 e. The van der Waals surface area contributed by atoms with E-state index in [9.17, 15) is 4.79 Å². The quantitative estimate of drug-likeness (QED) is 0.735. The molecule has 1 N–H and O–H groups in total. The van der Waals surface area contributed by atoms with Crippen LogP contribution >= 0.6 is 22.9 Å². The van der Waals surface area contributed by atoms with E-state index in [-0.39, 0.29) is 4.87 Å². The highest BCUT2D eigenvalue weighted by molar-refractivity contribution is 7.13. The van der Waals surface area contributed by atoms with E-state index in [0.29, 0.717) is 5.02 Å². The molecule has 86 valence electrons. The SMILES string of the molecule is Cc1[nH]c(=O)sc1-c1cn2cc(Cl)ccc2n1. The Morgan fingerprint density at radius 3 is 2.94 bits per heavy atom. The maximum absolute atomic E-state index is 11.3. The highest BCUT2D eigenvalue weighted by atomic mass is 35.5. The van der Waals surface area contributed by atoms with Gasteiger partial charge in [0.2, 0.25) is 0 Å². The molecule has 17 heavy (non-hydrogen) atoms. The van der Waals surface area contributed by atoms with Gasteiger partial charge in [0.1, 0.15) is 11.3 Å². The summed E-state index contributed by atoms with van der Waals surface area (Å²) in [6.07, 6.45) is 3.66. The molecule has 0 unspecified atom stereocenters. The third-order valence-electron chi connectivity index (χ3n) is 2.47. The van der Waals surface area contributed by atoms with Gasteiger partial charge in [0.25, 0.3) is 0 Å². The van der Waals surface area contributed by atoms with E-state index in [0.717, 1.165) is 21.9 Å². The number of thiazole rings is 1. The van der Waals surface area contributed by atoms with E-state index in [1.165, 1.54) is 11.3 Å². The average Bonchev–Trinajstić information content (AvgIpc) is 2.80. The number of aryl methyl sites for hydroxylation is 1. The van der Waals surface area contributed by atoms with Gasteiger partial charge in [-0.05, 0) is 19.1 Å². The minimum Gasteiger partial charge on any atom is -0.316 e. The van der Waals surface area contributed by atoms with Gasteiger partial charge in [-0.15, -0.1) is 0 Å². The van der Waals surface area contributed by atoms with Crippen molar-refractivity contribution in [3.8, 4) is 10.6 Å². The number of hydrogen-bond acceptors (Lipinski definition) is 3. The van der Waals surface area contributed by atoms with Crippen LogP contribution in [-0.4, -0.2) is 14.4 Å². The van der Waals surface area contributed by atoms with E-state index in [1.54, 1.807) is 12.3 Å². The topological polar surface area (TPSA) is 50.2 Å². The van der Waals surface area contributed by atoms with Crippen LogP contribution in [0.25, 0.3) is 16.2 Å². The van der Waals surface area contributed by atoms with Crippen molar-refractivity contribution in [2.45, 2.75) is 6.92 Å². The normalized spacial score (nSPS) is 11.2. The lowest BCUT2D eigenvalue weighted by atomic mass is 10.3. The Kier molecular flexibility index (Phi) is 2.31. The highest BCUT2D eigenvalue weighted by Gasteiger charge is 2.10. The van der Waals surface area contributed by atoms with Crippen molar-refractivity contribution in [2.75, 3.05) is 0 Å². The molecule has 0 aromatic carbocycles. The molecule has 0 amide bonds. The van der Waals surface area contributed by atoms with Gasteiger partial charge in [-0.3, -0.25) is 4.79 Å². The van der Waals surface area contributed by atoms with Crippen molar-refractivity contribution < 1.29 is 0 Å². The fourth-order valence-corrected chi connectivity index (χ4v) is 2.69. The van der Waals surface area contributed by atoms with E-state index in [1.807, 2.05) is 23.6 Å². The first-order chi connectivity index (χ1) is 8.13. The number of aromatic nitrogens is 3. The van der Waals surface area contributed by atoms with Crippen LogP contribution < -0.4 is 4.87 Å². The van der Waals surface area contributed by atoms with Crippen molar-refractivity contribution in [2.24, 2.45) is 0 Å². The molecule has 0 atom stereocenters. The maximum atomic E-state index is 11.3. The first-order valence-corrected chi connectivity index (χ1v) is 6.17. The minimum atomic E-state index is -0.0624. The molecule has 3 aromatic heterocycles. The first kappa shape index (κ1) is 10.6. The van der Waals surface area contributed by atoms with Crippen LogP contribution in [0.4, 0.5) is 0 Å². The van der Waals surface area contributed by atoms with Crippen LogP contribution in [0.5, 0.6) is 0 Å². The third kappa shape index (κ3) is 1.77. The number of fused-ring (bicyclic) bond motifs is 1. The Morgan fingerprint density at radius 2 is 2.24 bits per heavy atom. The number of H-pyrrole nitrogens is 1. The Labute approximate surface area is 106 Å². The summed E-state index contributed by atoms with van der Waals surface area (Å²) in [4.78, 5) is 19.3. The van der Waals surface area contributed by atoms with Gasteiger partial charge in [0.15, 0.2) is 0 Å². The number of imidazole rings is 1. The van der Waals surface area contributed by atoms with Gasteiger partial charge < -0.3 is 9.38 Å². The van der Waals surface area contributed by atoms with Crippen molar-refractivity contribution in [3.05, 3.63) is 44.9 Å².